The Bertz CT molecular complexity index is 218. The van der Waals surface area contributed by atoms with Gasteiger partial charge in [-0.05, 0) is 19.3 Å². The Morgan fingerprint density at radius 3 is 2.50 bits per heavy atom. The molecule has 0 bridgehead atoms. The molecule has 0 fully saturated rings. The van der Waals surface area contributed by atoms with Crippen molar-refractivity contribution >= 4 is 5.91 Å². The average molecular weight is 195 g/mol. The summed E-state index contributed by atoms with van der Waals surface area (Å²) in [7, 11) is 0. The SMILES string of the molecule is C=CCC(C(N)=O)/C(=C\CC)CCC. The summed E-state index contributed by atoms with van der Waals surface area (Å²) in [5, 5.41) is 0. The van der Waals surface area contributed by atoms with E-state index in [9.17, 15) is 4.79 Å². The van der Waals surface area contributed by atoms with E-state index in [0.717, 1.165) is 19.3 Å². The van der Waals surface area contributed by atoms with Crippen LogP contribution in [0.15, 0.2) is 24.3 Å². The number of allylic oxidation sites excluding steroid dienone is 2. The van der Waals surface area contributed by atoms with E-state index < -0.39 is 0 Å². The van der Waals surface area contributed by atoms with Crippen molar-refractivity contribution in [2.75, 3.05) is 0 Å². The maximum absolute atomic E-state index is 11.2. The third-order valence-corrected chi connectivity index (χ3v) is 2.20. The van der Waals surface area contributed by atoms with Crippen molar-refractivity contribution in [2.24, 2.45) is 11.7 Å². The molecule has 0 heterocycles. The van der Waals surface area contributed by atoms with E-state index in [1.54, 1.807) is 6.08 Å². The van der Waals surface area contributed by atoms with E-state index in [0.29, 0.717) is 6.42 Å². The van der Waals surface area contributed by atoms with Crippen molar-refractivity contribution in [2.45, 2.75) is 39.5 Å². The zero-order valence-electron chi connectivity index (χ0n) is 9.25. The Labute approximate surface area is 86.9 Å². The highest BCUT2D eigenvalue weighted by Crippen LogP contribution is 2.21. The number of carbonyl (C=O) groups is 1. The van der Waals surface area contributed by atoms with E-state index in [-0.39, 0.29) is 11.8 Å². The molecule has 14 heavy (non-hydrogen) atoms. The van der Waals surface area contributed by atoms with Gasteiger partial charge in [0.25, 0.3) is 0 Å². The lowest BCUT2D eigenvalue weighted by atomic mass is 9.91. The lowest BCUT2D eigenvalue weighted by Gasteiger charge is -2.15. The summed E-state index contributed by atoms with van der Waals surface area (Å²) in [5.74, 6) is -0.384. The molecule has 0 saturated heterocycles. The molecule has 0 saturated carbocycles. The third-order valence-electron chi connectivity index (χ3n) is 2.20. The van der Waals surface area contributed by atoms with Crippen LogP contribution in [-0.4, -0.2) is 5.91 Å². The zero-order valence-corrected chi connectivity index (χ0v) is 9.25. The molecule has 0 aliphatic rings. The van der Waals surface area contributed by atoms with Crippen molar-refractivity contribution < 1.29 is 4.79 Å². The molecule has 1 amide bonds. The standard InChI is InChI=1S/C12H21NO/c1-4-7-10(8-5-2)11(9-6-3)12(13)14/h6-7,11H,3-5,8-9H2,1-2H3,(H2,13,14)/b10-7-. The summed E-state index contributed by atoms with van der Waals surface area (Å²) in [5.41, 5.74) is 6.53. The number of nitrogens with two attached hydrogens (primary N) is 1. The maximum atomic E-state index is 11.2. The second-order valence-corrected chi connectivity index (χ2v) is 3.42. The molecule has 0 aromatic heterocycles. The van der Waals surface area contributed by atoms with Crippen LogP contribution in [0.25, 0.3) is 0 Å². The molecule has 0 aliphatic heterocycles. The van der Waals surface area contributed by atoms with Gasteiger partial charge in [-0.1, -0.05) is 38.0 Å². The topological polar surface area (TPSA) is 43.1 Å². The van der Waals surface area contributed by atoms with Crippen molar-refractivity contribution in [3.63, 3.8) is 0 Å². The molecule has 2 N–H and O–H groups in total. The normalized spacial score (nSPS) is 13.7. The van der Waals surface area contributed by atoms with Crippen molar-refractivity contribution in [3.8, 4) is 0 Å². The highest BCUT2D eigenvalue weighted by molar-refractivity contribution is 5.79. The van der Waals surface area contributed by atoms with Gasteiger partial charge in [-0.15, -0.1) is 6.58 Å². The second-order valence-electron chi connectivity index (χ2n) is 3.42. The molecule has 2 nitrogen and oxygen atoms in total. The molecule has 1 unspecified atom stereocenters. The molecule has 0 radical (unpaired) electrons. The van der Waals surface area contributed by atoms with Crippen LogP contribution >= 0.6 is 0 Å². The van der Waals surface area contributed by atoms with Gasteiger partial charge in [0, 0.05) is 0 Å². The molecule has 0 spiro atoms. The van der Waals surface area contributed by atoms with Gasteiger partial charge in [0.1, 0.15) is 0 Å². The summed E-state index contributed by atoms with van der Waals surface area (Å²) < 4.78 is 0. The quantitative estimate of drug-likeness (QED) is 0.624. The van der Waals surface area contributed by atoms with Crippen LogP contribution in [0.4, 0.5) is 0 Å². The van der Waals surface area contributed by atoms with Crippen LogP contribution in [-0.2, 0) is 4.79 Å². The largest absolute Gasteiger partial charge is 0.369 e. The van der Waals surface area contributed by atoms with E-state index in [2.05, 4.69) is 26.5 Å². The summed E-state index contributed by atoms with van der Waals surface area (Å²) in [6, 6.07) is 0. The van der Waals surface area contributed by atoms with Gasteiger partial charge in [-0.2, -0.15) is 0 Å². The Balaban J connectivity index is 4.62. The van der Waals surface area contributed by atoms with Gasteiger partial charge in [-0.3, -0.25) is 4.79 Å². The Kier molecular flexibility index (Phi) is 6.81. The average Bonchev–Trinajstić information content (AvgIpc) is 2.13. The highest BCUT2D eigenvalue weighted by Gasteiger charge is 2.17. The molecule has 1 atom stereocenters. The second kappa shape index (κ2) is 7.36. The number of primary amides is 1. The molecular formula is C12H21NO. The molecule has 80 valence electrons. The molecule has 0 aliphatic carbocycles. The first kappa shape index (κ1) is 12.9. The van der Waals surface area contributed by atoms with E-state index >= 15 is 0 Å². The monoisotopic (exact) mass is 195 g/mol. The van der Waals surface area contributed by atoms with Crippen LogP contribution in [0.3, 0.4) is 0 Å². The van der Waals surface area contributed by atoms with Gasteiger partial charge in [0.15, 0.2) is 0 Å². The van der Waals surface area contributed by atoms with Crippen LogP contribution in [0.2, 0.25) is 0 Å². The first-order valence-electron chi connectivity index (χ1n) is 5.26. The number of hydrogen-bond acceptors (Lipinski definition) is 1. The Morgan fingerprint density at radius 1 is 1.50 bits per heavy atom. The van der Waals surface area contributed by atoms with Gasteiger partial charge in [-0.25, -0.2) is 0 Å². The van der Waals surface area contributed by atoms with E-state index in [1.165, 1.54) is 5.57 Å². The summed E-state index contributed by atoms with van der Waals surface area (Å²) >= 11 is 0. The summed E-state index contributed by atoms with van der Waals surface area (Å²) in [4.78, 5) is 11.2. The minimum atomic E-state index is -0.238. The fourth-order valence-electron chi connectivity index (χ4n) is 1.59. The summed E-state index contributed by atoms with van der Waals surface area (Å²) in [6.45, 7) is 7.83. The minimum Gasteiger partial charge on any atom is -0.369 e. The van der Waals surface area contributed by atoms with Gasteiger partial charge in [0.05, 0.1) is 5.92 Å². The first-order valence-corrected chi connectivity index (χ1v) is 5.26. The number of hydrogen-bond donors (Lipinski definition) is 1. The van der Waals surface area contributed by atoms with Crippen LogP contribution in [0, 0.1) is 5.92 Å². The lowest BCUT2D eigenvalue weighted by molar-refractivity contribution is -0.120. The van der Waals surface area contributed by atoms with Gasteiger partial charge >= 0.3 is 0 Å². The van der Waals surface area contributed by atoms with E-state index in [1.807, 2.05) is 0 Å². The van der Waals surface area contributed by atoms with Crippen molar-refractivity contribution in [1.82, 2.24) is 0 Å². The van der Waals surface area contributed by atoms with Crippen LogP contribution < -0.4 is 5.73 Å². The maximum Gasteiger partial charge on any atom is 0.224 e. The highest BCUT2D eigenvalue weighted by atomic mass is 16.1. The smallest absolute Gasteiger partial charge is 0.224 e. The van der Waals surface area contributed by atoms with E-state index in [4.69, 9.17) is 5.73 Å². The number of rotatable bonds is 7. The summed E-state index contributed by atoms with van der Waals surface area (Å²) in [6.07, 6.45) is 7.48. The lowest BCUT2D eigenvalue weighted by Crippen LogP contribution is -2.24. The van der Waals surface area contributed by atoms with Crippen molar-refractivity contribution in [3.05, 3.63) is 24.3 Å². The van der Waals surface area contributed by atoms with Crippen LogP contribution in [0.1, 0.15) is 39.5 Å². The number of carbonyl (C=O) groups excluding carboxylic acids is 1. The minimum absolute atomic E-state index is 0.146. The molecule has 2 heteroatoms. The van der Waals surface area contributed by atoms with Crippen molar-refractivity contribution in [1.29, 1.82) is 0 Å². The fraction of sp³-hybridized carbons (Fsp3) is 0.583. The molecule has 0 rings (SSSR count). The fourth-order valence-corrected chi connectivity index (χ4v) is 1.59. The third kappa shape index (κ3) is 4.26. The molecule has 0 aromatic rings. The predicted molar refractivity (Wildman–Crippen MR) is 60.8 cm³/mol. The zero-order chi connectivity index (χ0) is 11.0. The first-order chi connectivity index (χ1) is 6.67. The Hall–Kier alpha value is -1.05. The Morgan fingerprint density at radius 2 is 2.14 bits per heavy atom. The van der Waals surface area contributed by atoms with Gasteiger partial charge in [0.2, 0.25) is 5.91 Å². The molecular weight excluding hydrogens is 174 g/mol. The van der Waals surface area contributed by atoms with Gasteiger partial charge < -0.3 is 5.73 Å². The van der Waals surface area contributed by atoms with Crippen LogP contribution in [0.5, 0.6) is 0 Å². The molecule has 0 aromatic carbocycles. The number of amides is 1. The predicted octanol–water partition coefficient (Wildman–Crippen LogP) is 2.80.